The summed E-state index contributed by atoms with van der Waals surface area (Å²) in [5.41, 5.74) is 0.658. The van der Waals surface area contributed by atoms with Crippen LogP contribution in [0.3, 0.4) is 0 Å². The Morgan fingerprint density at radius 2 is 1.89 bits per heavy atom. The lowest BCUT2D eigenvalue weighted by Gasteiger charge is -2.34. The number of hydrogen-bond donors (Lipinski definition) is 3. The summed E-state index contributed by atoms with van der Waals surface area (Å²) in [4.78, 5) is 11.7. The summed E-state index contributed by atoms with van der Waals surface area (Å²) in [6.07, 6.45) is -1.56. The van der Waals surface area contributed by atoms with Gasteiger partial charge in [-0.15, -0.1) is 0 Å². The van der Waals surface area contributed by atoms with Crippen LogP contribution in [0.2, 0.25) is 0 Å². The van der Waals surface area contributed by atoms with Gasteiger partial charge in [-0.05, 0) is 24.3 Å². The standard InChI is InChI=1S/C20H18O8/c1-25-14-7-11(2-4-13(14)23)17-15(9-22)26-19-12(8-21)6-10-3-5-16(24)27-18(10)20(19)28-17/h2-7,15,17,21-23H,8-9H2,1H3/t15-,17-/m0/s1. The number of aliphatic hydroxyl groups excluding tert-OH is 2. The van der Waals surface area contributed by atoms with E-state index in [1.165, 1.54) is 19.2 Å². The quantitative estimate of drug-likeness (QED) is 0.582. The summed E-state index contributed by atoms with van der Waals surface area (Å²) in [5, 5.41) is 29.9. The molecular formula is C20H18O8. The zero-order valence-corrected chi connectivity index (χ0v) is 14.9. The van der Waals surface area contributed by atoms with E-state index < -0.39 is 17.8 Å². The zero-order chi connectivity index (χ0) is 19.8. The number of methoxy groups -OCH3 is 1. The van der Waals surface area contributed by atoms with Crippen molar-refractivity contribution in [2.45, 2.75) is 18.8 Å². The van der Waals surface area contributed by atoms with Crippen LogP contribution < -0.4 is 19.8 Å². The number of rotatable bonds is 4. The number of hydrogen-bond acceptors (Lipinski definition) is 8. The Bertz CT molecular complexity index is 1090. The minimum Gasteiger partial charge on any atom is -0.504 e. The monoisotopic (exact) mass is 386 g/mol. The van der Waals surface area contributed by atoms with Crippen LogP contribution in [0.5, 0.6) is 23.0 Å². The van der Waals surface area contributed by atoms with Gasteiger partial charge in [-0.2, -0.15) is 0 Å². The molecule has 8 nitrogen and oxygen atoms in total. The van der Waals surface area contributed by atoms with Gasteiger partial charge in [0, 0.05) is 22.6 Å². The van der Waals surface area contributed by atoms with Crippen LogP contribution in [0, 0.1) is 0 Å². The molecule has 8 heteroatoms. The van der Waals surface area contributed by atoms with Gasteiger partial charge in [0.15, 0.2) is 35.0 Å². The second-order valence-corrected chi connectivity index (χ2v) is 6.33. The maximum atomic E-state index is 11.7. The highest BCUT2D eigenvalue weighted by molar-refractivity contribution is 5.87. The van der Waals surface area contributed by atoms with Crippen LogP contribution in [0.15, 0.2) is 45.6 Å². The van der Waals surface area contributed by atoms with Gasteiger partial charge in [0.25, 0.3) is 0 Å². The van der Waals surface area contributed by atoms with Crippen molar-refractivity contribution in [1.29, 1.82) is 0 Å². The van der Waals surface area contributed by atoms with Gasteiger partial charge in [-0.1, -0.05) is 6.07 Å². The molecule has 0 amide bonds. The maximum absolute atomic E-state index is 11.7. The van der Waals surface area contributed by atoms with Gasteiger partial charge in [0.05, 0.1) is 20.3 Å². The van der Waals surface area contributed by atoms with Crippen molar-refractivity contribution in [2.24, 2.45) is 0 Å². The number of aromatic hydroxyl groups is 1. The molecule has 3 N–H and O–H groups in total. The molecule has 0 fully saturated rings. The van der Waals surface area contributed by atoms with Crippen LogP contribution in [-0.2, 0) is 6.61 Å². The molecule has 1 aliphatic rings. The first kappa shape index (κ1) is 18.1. The molecule has 146 valence electrons. The van der Waals surface area contributed by atoms with Crippen LogP contribution in [0.4, 0.5) is 0 Å². The second kappa shape index (κ2) is 7.06. The first-order chi connectivity index (χ1) is 13.5. The molecular weight excluding hydrogens is 368 g/mol. The molecule has 0 aliphatic carbocycles. The maximum Gasteiger partial charge on any atom is 0.336 e. The average Bonchev–Trinajstić information content (AvgIpc) is 2.72. The molecule has 0 unspecified atom stereocenters. The van der Waals surface area contributed by atoms with Crippen molar-refractivity contribution in [3.05, 3.63) is 57.9 Å². The third kappa shape index (κ3) is 2.92. The fraction of sp³-hybridized carbons (Fsp3) is 0.250. The Balaban J connectivity index is 1.89. The van der Waals surface area contributed by atoms with E-state index in [-0.39, 0.29) is 41.8 Å². The Labute approximate surface area is 159 Å². The van der Waals surface area contributed by atoms with E-state index in [1.54, 1.807) is 24.3 Å². The van der Waals surface area contributed by atoms with Crippen LogP contribution in [0.1, 0.15) is 17.2 Å². The molecule has 1 aliphatic heterocycles. The normalized spacial score (nSPS) is 18.2. The minimum absolute atomic E-state index is 0.0389. The molecule has 3 aromatic rings. The van der Waals surface area contributed by atoms with Crippen LogP contribution >= 0.6 is 0 Å². The summed E-state index contributed by atoms with van der Waals surface area (Å²) in [6.45, 7) is -0.689. The average molecular weight is 386 g/mol. The summed E-state index contributed by atoms with van der Waals surface area (Å²) in [6, 6.07) is 9.13. The second-order valence-electron chi connectivity index (χ2n) is 6.33. The van der Waals surface area contributed by atoms with Gasteiger partial charge >= 0.3 is 5.63 Å². The largest absolute Gasteiger partial charge is 0.504 e. The molecule has 0 saturated heterocycles. The molecule has 1 aromatic heterocycles. The summed E-state index contributed by atoms with van der Waals surface area (Å²) in [7, 11) is 1.42. The predicted octanol–water partition coefficient (Wildman–Crippen LogP) is 1.87. The SMILES string of the molecule is COc1cc([C@@H]2Oc3c(c(CO)cc4ccc(=O)oc34)O[C@H]2CO)ccc1O. The van der Waals surface area contributed by atoms with Gasteiger partial charge in [-0.3, -0.25) is 0 Å². The van der Waals surface area contributed by atoms with Crippen LogP contribution in [0.25, 0.3) is 11.0 Å². The van der Waals surface area contributed by atoms with Crippen molar-refractivity contribution >= 4 is 11.0 Å². The molecule has 2 atom stereocenters. The van der Waals surface area contributed by atoms with Gasteiger partial charge < -0.3 is 33.9 Å². The topological polar surface area (TPSA) is 119 Å². The lowest BCUT2D eigenvalue weighted by molar-refractivity contribution is -0.0134. The van der Waals surface area contributed by atoms with Crippen molar-refractivity contribution in [3.63, 3.8) is 0 Å². The number of phenolic OH excluding ortho intramolecular Hbond substituents is 1. The molecule has 4 rings (SSSR count). The van der Waals surface area contributed by atoms with Crippen LogP contribution in [-0.4, -0.2) is 35.1 Å². The van der Waals surface area contributed by atoms with E-state index in [1.807, 2.05) is 0 Å². The number of aliphatic hydroxyl groups is 2. The van der Waals surface area contributed by atoms with Gasteiger partial charge in [0.1, 0.15) is 0 Å². The Morgan fingerprint density at radius 1 is 1.07 bits per heavy atom. The molecule has 28 heavy (non-hydrogen) atoms. The van der Waals surface area contributed by atoms with Gasteiger partial charge in [0.2, 0.25) is 5.75 Å². The smallest absolute Gasteiger partial charge is 0.336 e. The van der Waals surface area contributed by atoms with E-state index >= 15 is 0 Å². The minimum atomic E-state index is -0.792. The highest BCUT2D eigenvalue weighted by Crippen LogP contribution is 2.46. The van der Waals surface area contributed by atoms with Crippen molar-refractivity contribution in [3.8, 4) is 23.0 Å². The molecule has 2 aromatic carbocycles. The van der Waals surface area contributed by atoms with Gasteiger partial charge in [-0.25, -0.2) is 4.79 Å². The molecule has 0 radical (unpaired) electrons. The third-order valence-corrected chi connectivity index (χ3v) is 4.63. The van der Waals surface area contributed by atoms with Crippen molar-refractivity contribution < 1.29 is 33.9 Å². The molecule has 0 spiro atoms. The van der Waals surface area contributed by atoms with E-state index in [4.69, 9.17) is 18.6 Å². The number of phenols is 1. The Hall–Kier alpha value is -3.23. The summed E-state index contributed by atoms with van der Waals surface area (Å²) in [5.74, 6) is 0.582. The van der Waals surface area contributed by atoms with E-state index in [9.17, 15) is 20.1 Å². The number of benzene rings is 2. The summed E-state index contributed by atoms with van der Waals surface area (Å²) >= 11 is 0. The number of ether oxygens (including phenoxy) is 3. The Morgan fingerprint density at radius 3 is 2.61 bits per heavy atom. The first-order valence-corrected chi connectivity index (χ1v) is 8.57. The van der Waals surface area contributed by atoms with E-state index in [0.29, 0.717) is 16.5 Å². The predicted molar refractivity (Wildman–Crippen MR) is 97.9 cm³/mol. The first-order valence-electron chi connectivity index (χ1n) is 8.57. The molecule has 0 bridgehead atoms. The third-order valence-electron chi connectivity index (χ3n) is 4.63. The fourth-order valence-corrected chi connectivity index (χ4v) is 3.28. The van der Waals surface area contributed by atoms with Crippen molar-refractivity contribution in [2.75, 3.05) is 13.7 Å². The molecule has 0 saturated carbocycles. The molecule has 2 heterocycles. The zero-order valence-electron chi connectivity index (χ0n) is 14.9. The van der Waals surface area contributed by atoms with E-state index in [2.05, 4.69) is 0 Å². The fourth-order valence-electron chi connectivity index (χ4n) is 3.28. The highest BCUT2D eigenvalue weighted by Gasteiger charge is 2.36. The lowest BCUT2D eigenvalue weighted by Crippen LogP contribution is -2.36. The Kier molecular flexibility index (Phi) is 4.58. The van der Waals surface area contributed by atoms with Crippen molar-refractivity contribution in [1.82, 2.24) is 0 Å². The lowest BCUT2D eigenvalue weighted by atomic mass is 10.0. The summed E-state index contributed by atoms with van der Waals surface area (Å²) < 4.78 is 22.5. The highest BCUT2D eigenvalue weighted by atomic mass is 16.6. The number of fused-ring (bicyclic) bond motifs is 3. The van der Waals surface area contributed by atoms with E-state index in [0.717, 1.165) is 0 Å².